The minimum absolute atomic E-state index is 0.0446. The number of pyridine rings is 1. The van der Waals surface area contributed by atoms with Gasteiger partial charge in [0.1, 0.15) is 5.69 Å². The third-order valence-electron chi connectivity index (χ3n) is 2.64. The second-order valence-electron chi connectivity index (χ2n) is 4.00. The molecule has 5 heteroatoms. The lowest BCUT2D eigenvalue weighted by Crippen LogP contribution is -2.14. The summed E-state index contributed by atoms with van der Waals surface area (Å²) < 4.78 is 10.9. The molecule has 1 fully saturated rings. The Morgan fingerprint density at radius 3 is 3.24 bits per heavy atom. The van der Waals surface area contributed by atoms with Gasteiger partial charge in [-0.25, -0.2) is 9.78 Å². The second kappa shape index (κ2) is 5.75. The Morgan fingerprint density at radius 2 is 2.53 bits per heavy atom. The summed E-state index contributed by atoms with van der Waals surface area (Å²) >= 11 is 0. The molecule has 2 heterocycles. The number of carboxylic acids is 1. The van der Waals surface area contributed by atoms with E-state index < -0.39 is 5.97 Å². The van der Waals surface area contributed by atoms with Crippen molar-refractivity contribution in [2.24, 2.45) is 0 Å². The van der Waals surface area contributed by atoms with Gasteiger partial charge in [0.25, 0.3) is 0 Å². The number of aromatic nitrogens is 1. The number of aromatic carboxylic acids is 1. The van der Waals surface area contributed by atoms with Gasteiger partial charge >= 0.3 is 5.97 Å². The van der Waals surface area contributed by atoms with Gasteiger partial charge in [-0.15, -0.1) is 0 Å². The number of rotatable bonds is 5. The molecule has 17 heavy (non-hydrogen) atoms. The van der Waals surface area contributed by atoms with Gasteiger partial charge in [0.15, 0.2) is 0 Å². The van der Waals surface area contributed by atoms with E-state index in [4.69, 9.17) is 14.6 Å². The fourth-order valence-corrected chi connectivity index (χ4v) is 1.77. The molecule has 0 aliphatic carbocycles. The lowest BCUT2D eigenvalue weighted by Gasteiger charge is -2.10. The molecule has 1 N–H and O–H groups in total. The first-order chi connectivity index (χ1) is 8.25. The fraction of sp³-hybridized carbons (Fsp3) is 0.500. The van der Waals surface area contributed by atoms with Crippen molar-refractivity contribution in [2.45, 2.75) is 25.6 Å². The summed E-state index contributed by atoms with van der Waals surface area (Å²) in [5, 5.41) is 8.78. The molecular formula is C12H15NO4. The predicted molar refractivity (Wildman–Crippen MR) is 59.8 cm³/mol. The number of ether oxygens (including phenoxy) is 2. The van der Waals surface area contributed by atoms with Crippen LogP contribution in [0.4, 0.5) is 0 Å². The monoisotopic (exact) mass is 237 g/mol. The molecule has 1 aromatic heterocycles. The zero-order valence-electron chi connectivity index (χ0n) is 9.46. The summed E-state index contributed by atoms with van der Waals surface area (Å²) in [6.07, 6.45) is 3.80. The maximum atomic E-state index is 10.7. The third kappa shape index (κ3) is 3.51. The quantitative estimate of drug-likeness (QED) is 0.840. The van der Waals surface area contributed by atoms with E-state index in [1.165, 1.54) is 12.3 Å². The van der Waals surface area contributed by atoms with E-state index in [-0.39, 0.29) is 11.8 Å². The van der Waals surface area contributed by atoms with Crippen LogP contribution >= 0.6 is 0 Å². The number of nitrogens with zero attached hydrogens (tertiary/aromatic N) is 1. The Morgan fingerprint density at radius 1 is 1.65 bits per heavy atom. The van der Waals surface area contributed by atoms with Gasteiger partial charge < -0.3 is 14.6 Å². The highest BCUT2D eigenvalue weighted by Gasteiger charge is 2.15. The van der Waals surface area contributed by atoms with E-state index in [1.807, 2.05) is 0 Å². The molecule has 0 amide bonds. The first-order valence-electron chi connectivity index (χ1n) is 5.63. The van der Waals surface area contributed by atoms with Gasteiger partial charge in [-0.3, -0.25) is 0 Å². The first-order valence-corrected chi connectivity index (χ1v) is 5.63. The predicted octanol–water partition coefficient (Wildman–Crippen LogP) is 1.48. The van der Waals surface area contributed by atoms with Crippen LogP contribution in [0.2, 0.25) is 0 Å². The normalized spacial score (nSPS) is 19.4. The smallest absolute Gasteiger partial charge is 0.354 e. The number of hydrogen-bond acceptors (Lipinski definition) is 4. The van der Waals surface area contributed by atoms with Gasteiger partial charge in [-0.2, -0.15) is 0 Å². The average Bonchev–Trinajstić information content (AvgIpc) is 2.82. The number of carbonyl (C=O) groups is 1. The highest BCUT2D eigenvalue weighted by atomic mass is 16.5. The third-order valence-corrected chi connectivity index (χ3v) is 2.64. The van der Waals surface area contributed by atoms with E-state index in [0.29, 0.717) is 13.2 Å². The van der Waals surface area contributed by atoms with Crippen LogP contribution in [0, 0.1) is 0 Å². The zero-order chi connectivity index (χ0) is 12.1. The molecule has 1 aliphatic heterocycles. The first kappa shape index (κ1) is 12.0. The molecular weight excluding hydrogens is 222 g/mol. The molecule has 0 spiro atoms. The van der Waals surface area contributed by atoms with Gasteiger partial charge in [-0.1, -0.05) is 0 Å². The second-order valence-corrected chi connectivity index (χ2v) is 4.00. The van der Waals surface area contributed by atoms with Gasteiger partial charge in [-0.05, 0) is 30.5 Å². The summed E-state index contributed by atoms with van der Waals surface area (Å²) in [6, 6.07) is 3.28. The molecule has 0 saturated carbocycles. The summed E-state index contributed by atoms with van der Waals surface area (Å²) in [6.45, 7) is 1.76. The van der Waals surface area contributed by atoms with Crippen LogP contribution in [-0.2, 0) is 16.1 Å². The largest absolute Gasteiger partial charge is 0.477 e. The molecule has 0 aromatic carbocycles. The minimum atomic E-state index is -1.02. The van der Waals surface area contributed by atoms with Crippen LogP contribution < -0.4 is 0 Å². The van der Waals surface area contributed by atoms with Crippen molar-refractivity contribution in [3.63, 3.8) is 0 Å². The molecule has 0 radical (unpaired) electrons. The van der Waals surface area contributed by atoms with E-state index in [2.05, 4.69) is 4.98 Å². The van der Waals surface area contributed by atoms with Gasteiger partial charge in [0, 0.05) is 12.8 Å². The van der Waals surface area contributed by atoms with E-state index in [9.17, 15) is 4.79 Å². The topological polar surface area (TPSA) is 68.7 Å². The van der Waals surface area contributed by atoms with Crippen molar-refractivity contribution in [1.29, 1.82) is 0 Å². The molecule has 1 atom stereocenters. The highest BCUT2D eigenvalue weighted by molar-refractivity contribution is 5.85. The summed E-state index contributed by atoms with van der Waals surface area (Å²) in [5.74, 6) is -1.02. The molecule has 0 bridgehead atoms. The summed E-state index contributed by atoms with van der Waals surface area (Å²) in [5.41, 5.74) is 0.860. The Bertz CT molecular complexity index is 388. The van der Waals surface area contributed by atoms with E-state index in [1.54, 1.807) is 6.07 Å². The maximum Gasteiger partial charge on any atom is 0.354 e. The van der Waals surface area contributed by atoms with Crippen molar-refractivity contribution < 1.29 is 19.4 Å². The molecule has 5 nitrogen and oxygen atoms in total. The Balaban J connectivity index is 1.81. The lowest BCUT2D eigenvalue weighted by atomic mass is 10.2. The van der Waals surface area contributed by atoms with E-state index >= 15 is 0 Å². The lowest BCUT2D eigenvalue weighted by molar-refractivity contribution is 0.0105. The van der Waals surface area contributed by atoms with E-state index in [0.717, 1.165) is 25.0 Å². The molecule has 1 unspecified atom stereocenters. The van der Waals surface area contributed by atoms with Crippen molar-refractivity contribution in [2.75, 3.05) is 13.2 Å². The number of carboxylic acid groups (broad SMARTS) is 1. The Labute approximate surface area is 99.4 Å². The SMILES string of the molecule is O=C(O)c1cc(COCC2CCCO2)ccn1. The van der Waals surface area contributed by atoms with Crippen LogP contribution in [0.3, 0.4) is 0 Å². The fourth-order valence-electron chi connectivity index (χ4n) is 1.77. The maximum absolute atomic E-state index is 10.7. The van der Waals surface area contributed by atoms with Gasteiger partial charge in [0.05, 0.1) is 19.3 Å². The number of hydrogen-bond donors (Lipinski definition) is 1. The van der Waals surface area contributed by atoms with Crippen LogP contribution in [0.1, 0.15) is 28.9 Å². The Hall–Kier alpha value is -1.46. The van der Waals surface area contributed by atoms with Gasteiger partial charge in [0.2, 0.25) is 0 Å². The minimum Gasteiger partial charge on any atom is -0.477 e. The molecule has 1 aliphatic rings. The molecule has 1 aromatic rings. The van der Waals surface area contributed by atoms with Crippen LogP contribution in [-0.4, -0.2) is 35.4 Å². The zero-order valence-corrected chi connectivity index (χ0v) is 9.46. The van der Waals surface area contributed by atoms with Crippen LogP contribution in [0.15, 0.2) is 18.3 Å². The van der Waals surface area contributed by atoms with Crippen molar-refractivity contribution in [1.82, 2.24) is 4.98 Å². The molecule has 92 valence electrons. The molecule has 2 rings (SSSR count). The Kier molecular flexibility index (Phi) is 4.06. The standard InChI is InChI=1S/C12H15NO4/c14-12(15)11-6-9(3-4-13-11)7-16-8-10-2-1-5-17-10/h3-4,6,10H,1-2,5,7-8H2,(H,14,15). The highest BCUT2D eigenvalue weighted by Crippen LogP contribution is 2.13. The average molecular weight is 237 g/mol. The van der Waals surface area contributed by atoms with Crippen LogP contribution in [0.25, 0.3) is 0 Å². The van der Waals surface area contributed by atoms with Crippen LogP contribution in [0.5, 0.6) is 0 Å². The molecule has 1 saturated heterocycles. The van der Waals surface area contributed by atoms with Crippen molar-refractivity contribution in [3.8, 4) is 0 Å². The van der Waals surface area contributed by atoms with Crippen molar-refractivity contribution >= 4 is 5.97 Å². The summed E-state index contributed by atoms with van der Waals surface area (Å²) in [4.78, 5) is 14.5. The van der Waals surface area contributed by atoms with Crippen molar-refractivity contribution in [3.05, 3.63) is 29.6 Å². The summed E-state index contributed by atoms with van der Waals surface area (Å²) in [7, 11) is 0.